The third-order valence-electron chi connectivity index (χ3n) is 1.99. The van der Waals surface area contributed by atoms with Crippen LogP contribution in [0.2, 0.25) is 0 Å². The number of nitrogens with zero attached hydrogens (tertiary/aromatic N) is 1. The van der Waals surface area contributed by atoms with E-state index >= 15 is 0 Å². The van der Waals surface area contributed by atoms with Crippen LogP contribution in [0.25, 0.3) is 0 Å². The molecule has 1 heterocycles. The van der Waals surface area contributed by atoms with E-state index in [0.717, 1.165) is 18.5 Å². The van der Waals surface area contributed by atoms with Gasteiger partial charge in [-0.25, -0.2) is 4.98 Å². The molecule has 3 nitrogen and oxygen atoms in total. The zero-order valence-electron chi connectivity index (χ0n) is 9.73. The molecule has 0 aliphatic heterocycles. The number of hydrogen-bond acceptors (Lipinski definition) is 3. The molecule has 2 N–H and O–H groups in total. The minimum absolute atomic E-state index is 0.168. The summed E-state index contributed by atoms with van der Waals surface area (Å²) in [7, 11) is 0. The third-order valence-corrected chi connectivity index (χ3v) is 1.99. The van der Waals surface area contributed by atoms with Crippen molar-refractivity contribution in [3.63, 3.8) is 0 Å². The Bertz CT molecular complexity index is 297. The van der Waals surface area contributed by atoms with Crippen molar-refractivity contribution >= 4 is 0 Å². The Kier molecular flexibility index (Phi) is 4.56. The molecule has 3 heteroatoms. The molecular formula is C12H20N2O. The first-order valence-corrected chi connectivity index (χ1v) is 5.46. The van der Waals surface area contributed by atoms with Gasteiger partial charge < -0.3 is 10.5 Å². The molecule has 0 aliphatic rings. The zero-order valence-corrected chi connectivity index (χ0v) is 9.73. The maximum atomic E-state index is 5.70. The van der Waals surface area contributed by atoms with Crippen molar-refractivity contribution in [1.82, 2.24) is 4.98 Å². The fourth-order valence-corrected chi connectivity index (χ4v) is 1.28. The van der Waals surface area contributed by atoms with Crippen molar-refractivity contribution in [1.29, 1.82) is 0 Å². The van der Waals surface area contributed by atoms with Gasteiger partial charge in [-0.2, -0.15) is 0 Å². The van der Waals surface area contributed by atoms with E-state index in [1.165, 1.54) is 0 Å². The molecule has 0 radical (unpaired) electrons. The summed E-state index contributed by atoms with van der Waals surface area (Å²) in [5.74, 6) is 0.701. The molecule has 1 atom stereocenters. The third kappa shape index (κ3) is 4.79. The van der Waals surface area contributed by atoms with Gasteiger partial charge in [0.05, 0.1) is 6.10 Å². The summed E-state index contributed by atoms with van der Waals surface area (Å²) in [4.78, 5) is 4.41. The van der Waals surface area contributed by atoms with E-state index in [2.05, 4.69) is 4.98 Å². The number of aryl methyl sites for hydroxylation is 1. The van der Waals surface area contributed by atoms with Crippen LogP contribution in [0.4, 0.5) is 0 Å². The maximum Gasteiger partial charge on any atom is 0.213 e. The van der Waals surface area contributed by atoms with E-state index in [-0.39, 0.29) is 12.1 Å². The summed E-state index contributed by atoms with van der Waals surface area (Å²) >= 11 is 0. The van der Waals surface area contributed by atoms with Crippen LogP contribution < -0.4 is 10.5 Å². The van der Waals surface area contributed by atoms with Crippen LogP contribution in [-0.2, 0) is 6.42 Å². The van der Waals surface area contributed by atoms with Crippen molar-refractivity contribution in [2.75, 3.05) is 0 Å². The van der Waals surface area contributed by atoms with Crippen molar-refractivity contribution in [2.45, 2.75) is 45.8 Å². The molecule has 84 valence electrons. The van der Waals surface area contributed by atoms with Crippen molar-refractivity contribution < 1.29 is 4.74 Å². The molecule has 0 aromatic carbocycles. The second-order valence-electron chi connectivity index (χ2n) is 4.15. The minimum atomic E-state index is 0.168. The highest BCUT2D eigenvalue weighted by Crippen LogP contribution is 2.11. The van der Waals surface area contributed by atoms with Crippen LogP contribution in [0.15, 0.2) is 18.2 Å². The van der Waals surface area contributed by atoms with Crippen LogP contribution in [0, 0.1) is 0 Å². The Balaban J connectivity index is 2.57. The molecule has 1 unspecified atom stereocenters. The van der Waals surface area contributed by atoms with Gasteiger partial charge in [0.1, 0.15) is 0 Å². The summed E-state index contributed by atoms with van der Waals surface area (Å²) in [5.41, 5.74) is 6.75. The number of pyridine rings is 1. The fourth-order valence-electron chi connectivity index (χ4n) is 1.28. The number of nitrogens with two attached hydrogens (primary N) is 1. The van der Waals surface area contributed by atoms with Gasteiger partial charge in [-0.1, -0.05) is 6.07 Å². The largest absolute Gasteiger partial charge is 0.475 e. The maximum absolute atomic E-state index is 5.70. The summed E-state index contributed by atoms with van der Waals surface area (Å²) in [6.45, 7) is 6.00. The topological polar surface area (TPSA) is 48.1 Å². The van der Waals surface area contributed by atoms with Crippen LogP contribution >= 0.6 is 0 Å². The monoisotopic (exact) mass is 208 g/mol. The van der Waals surface area contributed by atoms with Gasteiger partial charge in [0.15, 0.2) is 0 Å². The summed E-state index contributed by atoms with van der Waals surface area (Å²) in [5, 5.41) is 0. The molecule has 15 heavy (non-hydrogen) atoms. The smallest absolute Gasteiger partial charge is 0.213 e. The first-order valence-electron chi connectivity index (χ1n) is 5.46. The minimum Gasteiger partial charge on any atom is -0.475 e. The summed E-state index contributed by atoms with van der Waals surface area (Å²) in [6.07, 6.45) is 2.03. The number of rotatable bonds is 5. The van der Waals surface area contributed by atoms with Crippen LogP contribution in [-0.4, -0.2) is 17.1 Å². The highest BCUT2D eigenvalue weighted by atomic mass is 16.5. The van der Waals surface area contributed by atoms with Gasteiger partial charge in [0.25, 0.3) is 0 Å². The van der Waals surface area contributed by atoms with E-state index in [1.807, 2.05) is 39.0 Å². The molecule has 0 aliphatic carbocycles. The van der Waals surface area contributed by atoms with Gasteiger partial charge in [0, 0.05) is 17.8 Å². The second-order valence-corrected chi connectivity index (χ2v) is 4.15. The standard InChI is InChI=1S/C12H20N2O/c1-9(2)15-12-6-4-5-11(14-12)8-7-10(3)13/h4-6,9-10H,7-8,13H2,1-3H3. The summed E-state index contributed by atoms with van der Waals surface area (Å²) in [6, 6.07) is 6.09. The molecule has 0 amide bonds. The van der Waals surface area contributed by atoms with E-state index in [4.69, 9.17) is 10.5 Å². The van der Waals surface area contributed by atoms with Gasteiger partial charge in [0.2, 0.25) is 5.88 Å². The lowest BCUT2D eigenvalue weighted by atomic mass is 10.1. The Morgan fingerprint density at radius 1 is 1.33 bits per heavy atom. The van der Waals surface area contributed by atoms with Crippen molar-refractivity contribution in [3.05, 3.63) is 23.9 Å². The van der Waals surface area contributed by atoms with Gasteiger partial charge in [-0.3, -0.25) is 0 Å². The molecular weight excluding hydrogens is 188 g/mol. The normalized spacial score (nSPS) is 12.9. The number of hydrogen-bond donors (Lipinski definition) is 1. The second kappa shape index (κ2) is 5.71. The van der Waals surface area contributed by atoms with E-state index in [9.17, 15) is 0 Å². The van der Waals surface area contributed by atoms with E-state index in [1.54, 1.807) is 0 Å². The molecule has 0 spiro atoms. The summed E-state index contributed by atoms with van der Waals surface area (Å²) < 4.78 is 5.52. The first-order chi connectivity index (χ1) is 7.08. The highest BCUT2D eigenvalue weighted by molar-refractivity contribution is 5.16. The van der Waals surface area contributed by atoms with Crippen LogP contribution in [0.3, 0.4) is 0 Å². The quantitative estimate of drug-likeness (QED) is 0.806. The zero-order chi connectivity index (χ0) is 11.3. The lowest BCUT2D eigenvalue weighted by Gasteiger charge is -2.10. The molecule has 0 bridgehead atoms. The molecule has 0 saturated heterocycles. The Labute approximate surface area is 91.7 Å². The molecule has 0 saturated carbocycles. The number of ether oxygens (including phenoxy) is 1. The average molecular weight is 208 g/mol. The van der Waals surface area contributed by atoms with Crippen LogP contribution in [0.5, 0.6) is 5.88 Å². The lowest BCUT2D eigenvalue weighted by molar-refractivity contribution is 0.232. The van der Waals surface area contributed by atoms with E-state index in [0.29, 0.717) is 5.88 Å². The highest BCUT2D eigenvalue weighted by Gasteiger charge is 2.02. The Hall–Kier alpha value is -1.09. The molecule has 1 aromatic heterocycles. The average Bonchev–Trinajstić information content (AvgIpc) is 2.14. The van der Waals surface area contributed by atoms with Gasteiger partial charge in [-0.15, -0.1) is 0 Å². The molecule has 1 rings (SSSR count). The molecule has 1 aromatic rings. The molecule has 0 fully saturated rings. The number of aromatic nitrogens is 1. The lowest BCUT2D eigenvalue weighted by Crippen LogP contribution is -2.15. The van der Waals surface area contributed by atoms with E-state index < -0.39 is 0 Å². The fraction of sp³-hybridized carbons (Fsp3) is 0.583. The van der Waals surface area contributed by atoms with Crippen LogP contribution in [0.1, 0.15) is 32.9 Å². The Morgan fingerprint density at radius 2 is 2.07 bits per heavy atom. The predicted octanol–water partition coefficient (Wildman–Crippen LogP) is 2.15. The van der Waals surface area contributed by atoms with Crippen molar-refractivity contribution in [3.8, 4) is 5.88 Å². The predicted molar refractivity (Wildman–Crippen MR) is 62.0 cm³/mol. The SMILES string of the molecule is CC(N)CCc1cccc(OC(C)C)n1. The Morgan fingerprint density at radius 3 is 2.67 bits per heavy atom. The first kappa shape index (κ1) is 12.0. The van der Waals surface area contributed by atoms with Crippen molar-refractivity contribution in [2.24, 2.45) is 5.73 Å². The van der Waals surface area contributed by atoms with Gasteiger partial charge >= 0.3 is 0 Å². The van der Waals surface area contributed by atoms with Gasteiger partial charge in [-0.05, 0) is 39.7 Å².